The summed E-state index contributed by atoms with van der Waals surface area (Å²) < 4.78 is 26.6. The van der Waals surface area contributed by atoms with Gasteiger partial charge in [0, 0.05) is 19.8 Å². The zero-order valence-electron chi connectivity index (χ0n) is 10.5. The average Bonchev–Trinajstić information content (AvgIpc) is 2.92. The first-order chi connectivity index (χ1) is 9.12. The van der Waals surface area contributed by atoms with Crippen LogP contribution in [-0.4, -0.2) is 27.0 Å². The number of rotatable bonds is 6. The standard InChI is InChI=1S/C12H15N3O2S2/c1-13-12-3-2-11(8-14-12)19(16,17)15-6-4-10-5-7-18-9-10/h2-3,5,7-9,15H,4,6H2,1H3,(H,13,14). The van der Waals surface area contributed by atoms with Gasteiger partial charge in [0.1, 0.15) is 10.7 Å². The van der Waals surface area contributed by atoms with Crippen LogP contribution in [0.25, 0.3) is 0 Å². The van der Waals surface area contributed by atoms with E-state index in [1.165, 1.54) is 12.3 Å². The van der Waals surface area contributed by atoms with Crippen LogP contribution in [0, 0.1) is 0 Å². The van der Waals surface area contributed by atoms with E-state index >= 15 is 0 Å². The monoisotopic (exact) mass is 297 g/mol. The lowest BCUT2D eigenvalue weighted by Gasteiger charge is -2.06. The van der Waals surface area contributed by atoms with Crippen LogP contribution in [0.15, 0.2) is 40.1 Å². The Hall–Kier alpha value is -1.44. The third kappa shape index (κ3) is 3.76. The highest BCUT2D eigenvalue weighted by atomic mass is 32.2. The van der Waals surface area contributed by atoms with Crippen molar-refractivity contribution in [2.24, 2.45) is 0 Å². The largest absolute Gasteiger partial charge is 0.373 e. The van der Waals surface area contributed by atoms with Crippen LogP contribution in [0.1, 0.15) is 5.56 Å². The molecule has 0 spiro atoms. The van der Waals surface area contributed by atoms with E-state index in [0.717, 1.165) is 5.56 Å². The third-order valence-corrected chi connectivity index (χ3v) is 4.77. The molecule has 0 atom stereocenters. The summed E-state index contributed by atoms with van der Waals surface area (Å²) in [7, 11) is -1.74. The van der Waals surface area contributed by atoms with Gasteiger partial charge in [0.25, 0.3) is 0 Å². The molecule has 0 unspecified atom stereocenters. The second-order valence-corrected chi connectivity index (χ2v) is 6.46. The van der Waals surface area contributed by atoms with E-state index in [1.54, 1.807) is 24.5 Å². The first-order valence-corrected chi connectivity index (χ1v) is 8.19. The van der Waals surface area contributed by atoms with Crippen LogP contribution < -0.4 is 10.0 Å². The highest BCUT2D eigenvalue weighted by molar-refractivity contribution is 7.89. The zero-order valence-corrected chi connectivity index (χ0v) is 12.1. The molecule has 2 aromatic rings. The Bertz CT molecular complexity index is 607. The Morgan fingerprint density at radius 2 is 2.16 bits per heavy atom. The Labute approximate surface area is 116 Å². The van der Waals surface area contributed by atoms with Gasteiger partial charge >= 0.3 is 0 Å². The molecule has 0 bridgehead atoms. The molecule has 7 heteroatoms. The lowest BCUT2D eigenvalue weighted by atomic mass is 10.2. The second-order valence-electron chi connectivity index (χ2n) is 3.91. The van der Waals surface area contributed by atoms with Crippen molar-refractivity contribution < 1.29 is 8.42 Å². The average molecular weight is 297 g/mol. The molecule has 0 aliphatic heterocycles. The minimum absolute atomic E-state index is 0.178. The van der Waals surface area contributed by atoms with Crippen molar-refractivity contribution in [1.82, 2.24) is 9.71 Å². The van der Waals surface area contributed by atoms with Crippen LogP contribution in [0.2, 0.25) is 0 Å². The fourth-order valence-electron chi connectivity index (χ4n) is 1.54. The topological polar surface area (TPSA) is 71.1 Å². The molecule has 0 saturated carbocycles. The first-order valence-electron chi connectivity index (χ1n) is 5.76. The molecule has 19 heavy (non-hydrogen) atoms. The van der Waals surface area contributed by atoms with Crippen molar-refractivity contribution in [2.45, 2.75) is 11.3 Å². The van der Waals surface area contributed by atoms with Crippen molar-refractivity contribution in [3.63, 3.8) is 0 Å². The summed E-state index contributed by atoms with van der Waals surface area (Å²) in [4.78, 5) is 4.17. The van der Waals surface area contributed by atoms with Crippen molar-refractivity contribution in [3.05, 3.63) is 40.7 Å². The normalized spacial score (nSPS) is 11.4. The smallest absolute Gasteiger partial charge is 0.242 e. The number of hydrogen-bond donors (Lipinski definition) is 2. The van der Waals surface area contributed by atoms with E-state index in [9.17, 15) is 8.42 Å². The molecule has 0 aliphatic rings. The van der Waals surface area contributed by atoms with Gasteiger partial charge < -0.3 is 5.32 Å². The summed E-state index contributed by atoms with van der Waals surface area (Å²) >= 11 is 1.60. The fourth-order valence-corrected chi connectivity index (χ4v) is 3.21. The summed E-state index contributed by atoms with van der Waals surface area (Å²) in [5, 5.41) is 6.83. The summed E-state index contributed by atoms with van der Waals surface area (Å²) in [5.41, 5.74) is 1.14. The molecule has 2 heterocycles. The minimum atomic E-state index is -3.48. The summed E-state index contributed by atoms with van der Waals surface area (Å²) in [5.74, 6) is 0.636. The molecule has 0 amide bonds. The van der Waals surface area contributed by atoms with Gasteiger partial charge in [-0.05, 0) is 40.9 Å². The molecule has 0 fully saturated rings. The summed E-state index contributed by atoms with van der Waals surface area (Å²) in [6.45, 7) is 0.382. The molecule has 5 nitrogen and oxygen atoms in total. The number of nitrogens with zero attached hydrogens (tertiary/aromatic N) is 1. The predicted molar refractivity (Wildman–Crippen MR) is 77.0 cm³/mol. The fraction of sp³-hybridized carbons (Fsp3) is 0.250. The van der Waals surface area contributed by atoms with Crippen LogP contribution in [-0.2, 0) is 16.4 Å². The van der Waals surface area contributed by atoms with E-state index < -0.39 is 10.0 Å². The first kappa shape index (κ1) is 14.0. The third-order valence-electron chi connectivity index (χ3n) is 2.59. The molecule has 2 N–H and O–H groups in total. The number of anilines is 1. The molecule has 102 valence electrons. The number of pyridine rings is 1. The van der Waals surface area contributed by atoms with Gasteiger partial charge in [-0.1, -0.05) is 0 Å². The Morgan fingerprint density at radius 1 is 1.32 bits per heavy atom. The highest BCUT2D eigenvalue weighted by Gasteiger charge is 2.13. The Balaban J connectivity index is 1.97. The summed E-state index contributed by atoms with van der Waals surface area (Å²) in [6, 6.07) is 5.15. The number of sulfonamides is 1. The second kappa shape index (κ2) is 6.14. The van der Waals surface area contributed by atoms with Gasteiger partial charge in [0.2, 0.25) is 10.0 Å². The van der Waals surface area contributed by atoms with Crippen LogP contribution in [0.3, 0.4) is 0 Å². The van der Waals surface area contributed by atoms with E-state index in [2.05, 4.69) is 15.0 Å². The van der Waals surface area contributed by atoms with E-state index in [4.69, 9.17) is 0 Å². The zero-order chi connectivity index (χ0) is 13.7. The molecule has 2 rings (SSSR count). The van der Waals surface area contributed by atoms with Crippen LogP contribution >= 0.6 is 11.3 Å². The molecular weight excluding hydrogens is 282 g/mol. The molecule has 0 radical (unpaired) electrons. The molecular formula is C12H15N3O2S2. The molecule has 0 aliphatic carbocycles. The van der Waals surface area contributed by atoms with Gasteiger partial charge in [0.05, 0.1) is 0 Å². The van der Waals surface area contributed by atoms with Gasteiger partial charge in [0.15, 0.2) is 0 Å². The van der Waals surface area contributed by atoms with E-state index in [0.29, 0.717) is 18.8 Å². The van der Waals surface area contributed by atoms with Crippen molar-refractivity contribution in [1.29, 1.82) is 0 Å². The van der Waals surface area contributed by atoms with Crippen LogP contribution in [0.5, 0.6) is 0 Å². The lowest BCUT2D eigenvalue weighted by molar-refractivity contribution is 0.581. The van der Waals surface area contributed by atoms with Gasteiger partial charge in [-0.2, -0.15) is 11.3 Å². The predicted octanol–water partition coefficient (Wildman–Crippen LogP) is 1.71. The SMILES string of the molecule is CNc1ccc(S(=O)(=O)NCCc2ccsc2)cn1. The maximum atomic E-state index is 12.0. The Kier molecular flexibility index (Phi) is 4.52. The highest BCUT2D eigenvalue weighted by Crippen LogP contribution is 2.10. The molecule has 0 saturated heterocycles. The summed E-state index contributed by atoms with van der Waals surface area (Å²) in [6.07, 6.45) is 2.03. The van der Waals surface area contributed by atoms with Gasteiger partial charge in [-0.3, -0.25) is 0 Å². The minimum Gasteiger partial charge on any atom is -0.373 e. The van der Waals surface area contributed by atoms with Crippen molar-refractivity contribution >= 4 is 27.2 Å². The van der Waals surface area contributed by atoms with Gasteiger partial charge in [-0.25, -0.2) is 18.1 Å². The number of nitrogens with one attached hydrogen (secondary N) is 2. The molecule has 0 aromatic carbocycles. The van der Waals surface area contributed by atoms with Crippen LogP contribution in [0.4, 0.5) is 5.82 Å². The quantitative estimate of drug-likeness (QED) is 0.851. The maximum Gasteiger partial charge on any atom is 0.242 e. The van der Waals surface area contributed by atoms with E-state index in [-0.39, 0.29) is 4.90 Å². The van der Waals surface area contributed by atoms with Gasteiger partial charge in [-0.15, -0.1) is 0 Å². The van der Waals surface area contributed by atoms with Crippen molar-refractivity contribution in [2.75, 3.05) is 18.9 Å². The lowest BCUT2D eigenvalue weighted by Crippen LogP contribution is -2.26. The number of hydrogen-bond acceptors (Lipinski definition) is 5. The Morgan fingerprint density at radius 3 is 2.74 bits per heavy atom. The maximum absolute atomic E-state index is 12.0. The number of thiophene rings is 1. The number of aromatic nitrogens is 1. The van der Waals surface area contributed by atoms with Crippen molar-refractivity contribution in [3.8, 4) is 0 Å². The van der Waals surface area contributed by atoms with E-state index in [1.807, 2.05) is 16.8 Å². The molecule has 2 aromatic heterocycles.